The molecule has 10 heteroatoms. The molecule has 33 heavy (non-hydrogen) atoms. The molecule has 2 aliphatic rings. The fraction of sp³-hybridized carbons (Fsp3) is 0.261. The van der Waals surface area contributed by atoms with Crippen LogP contribution in [0.4, 0.5) is 0 Å². The quantitative estimate of drug-likeness (QED) is 0.407. The molecule has 1 amide bonds. The van der Waals surface area contributed by atoms with Crippen LogP contribution < -0.4 is 0 Å². The summed E-state index contributed by atoms with van der Waals surface area (Å²) in [4.78, 5) is 26.3. The van der Waals surface area contributed by atoms with Gasteiger partial charge in [0, 0.05) is 24.0 Å². The lowest BCUT2D eigenvalue weighted by Crippen LogP contribution is -2.56. The highest BCUT2D eigenvalue weighted by molar-refractivity contribution is 8.01. The Morgan fingerprint density at radius 3 is 2.30 bits per heavy atom. The van der Waals surface area contributed by atoms with Gasteiger partial charge in [-0.1, -0.05) is 72.4 Å². The Bertz CT molecular complexity index is 1180. The van der Waals surface area contributed by atoms with E-state index in [1.54, 1.807) is 23.5 Å². The fourth-order valence-electron chi connectivity index (χ4n) is 4.32. The first-order valence-electron chi connectivity index (χ1n) is 10.4. The number of thioether (sulfide) groups is 2. The first kappa shape index (κ1) is 21.7. The Morgan fingerprint density at radius 1 is 1.15 bits per heavy atom. The van der Waals surface area contributed by atoms with E-state index in [2.05, 4.69) is 39.8 Å². The number of aromatic nitrogens is 4. The molecule has 5 rings (SSSR count). The van der Waals surface area contributed by atoms with Crippen LogP contribution in [0.25, 0.3) is 0 Å². The summed E-state index contributed by atoms with van der Waals surface area (Å²) >= 11 is 3.04. The molecule has 1 N–H and O–H groups in total. The summed E-state index contributed by atoms with van der Waals surface area (Å²) in [7, 11) is 1.74. The van der Waals surface area contributed by atoms with Crippen LogP contribution in [0.1, 0.15) is 23.5 Å². The average molecular weight is 480 g/mol. The van der Waals surface area contributed by atoms with Crippen LogP contribution in [0.2, 0.25) is 0 Å². The second-order valence-corrected chi connectivity index (χ2v) is 10.1. The van der Waals surface area contributed by atoms with E-state index in [1.807, 2.05) is 36.4 Å². The van der Waals surface area contributed by atoms with Gasteiger partial charge in [-0.3, -0.25) is 9.69 Å². The van der Waals surface area contributed by atoms with E-state index in [4.69, 9.17) is 0 Å². The number of β-lactam (4-membered cyclic amide) rings is 1. The summed E-state index contributed by atoms with van der Waals surface area (Å²) in [6.45, 7) is 0. The van der Waals surface area contributed by atoms with Gasteiger partial charge >= 0.3 is 5.97 Å². The van der Waals surface area contributed by atoms with Crippen molar-refractivity contribution in [1.82, 2.24) is 25.1 Å². The SMILES string of the molecule is Cn1nnnc1SCC1=C(C(=O)O)N2C(=O)C[C@H]2SC1C(c1ccccc1)c1ccccc1. The van der Waals surface area contributed by atoms with Gasteiger partial charge in [-0.15, -0.1) is 16.9 Å². The Morgan fingerprint density at radius 2 is 1.79 bits per heavy atom. The van der Waals surface area contributed by atoms with Gasteiger partial charge in [0.25, 0.3) is 0 Å². The van der Waals surface area contributed by atoms with Gasteiger partial charge in [0.15, 0.2) is 0 Å². The van der Waals surface area contributed by atoms with Crippen LogP contribution in [0.15, 0.2) is 77.1 Å². The molecule has 2 aliphatic heterocycles. The average Bonchev–Trinajstić information content (AvgIpc) is 3.23. The van der Waals surface area contributed by atoms with Crippen molar-refractivity contribution in [2.45, 2.75) is 28.1 Å². The third-order valence-electron chi connectivity index (χ3n) is 5.86. The monoisotopic (exact) mass is 479 g/mol. The molecule has 1 aromatic heterocycles. The van der Waals surface area contributed by atoms with E-state index in [0.717, 1.165) is 11.1 Å². The maximum Gasteiger partial charge on any atom is 0.352 e. The second-order valence-electron chi connectivity index (χ2n) is 7.83. The van der Waals surface area contributed by atoms with Crippen LogP contribution in [0.3, 0.4) is 0 Å². The zero-order valence-electron chi connectivity index (χ0n) is 17.7. The highest BCUT2D eigenvalue weighted by Gasteiger charge is 2.50. The van der Waals surface area contributed by atoms with Crippen molar-refractivity contribution in [2.75, 3.05) is 5.75 Å². The lowest BCUT2D eigenvalue weighted by molar-refractivity contribution is -0.146. The highest BCUT2D eigenvalue weighted by Crippen LogP contribution is 2.51. The van der Waals surface area contributed by atoms with Crippen LogP contribution in [0.5, 0.6) is 0 Å². The topological polar surface area (TPSA) is 101 Å². The van der Waals surface area contributed by atoms with Crippen molar-refractivity contribution in [2.24, 2.45) is 7.05 Å². The van der Waals surface area contributed by atoms with E-state index in [9.17, 15) is 14.7 Å². The Labute approximate surface area is 199 Å². The maximum absolute atomic E-state index is 12.5. The lowest BCUT2D eigenvalue weighted by atomic mass is 9.84. The molecule has 2 aromatic carbocycles. The van der Waals surface area contributed by atoms with Crippen molar-refractivity contribution < 1.29 is 14.7 Å². The van der Waals surface area contributed by atoms with E-state index in [1.165, 1.54) is 16.7 Å². The Balaban J connectivity index is 1.63. The van der Waals surface area contributed by atoms with E-state index < -0.39 is 5.97 Å². The fourth-order valence-corrected chi connectivity index (χ4v) is 7.10. The molecule has 1 saturated heterocycles. The number of tetrazole rings is 1. The molecule has 0 radical (unpaired) electrons. The molecular formula is C23H21N5O3S2. The van der Waals surface area contributed by atoms with Crippen molar-refractivity contribution in [3.8, 4) is 0 Å². The van der Waals surface area contributed by atoms with Gasteiger partial charge in [-0.25, -0.2) is 9.48 Å². The molecule has 0 spiro atoms. The lowest BCUT2D eigenvalue weighted by Gasteiger charge is -2.48. The summed E-state index contributed by atoms with van der Waals surface area (Å²) in [6.07, 6.45) is 0.349. The predicted molar refractivity (Wildman–Crippen MR) is 126 cm³/mol. The number of benzene rings is 2. The standard InChI is InChI=1S/C23H21N5O3S2/c1-27-23(24-25-26-27)32-13-16-20(22(30)31)28-17(29)12-18(28)33-21(16)19(14-8-4-2-5-9-14)15-10-6-3-7-11-15/h2-11,18-19,21H,12-13H2,1H3,(H,30,31)/t18-,21?/m1/s1. The summed E-state index contributed by atoms with van der Waals surface area (Å²) < 4.78 is 1.56. The number of hydrogen-bond acceptors (Lipinski definition) is 7. The normalized spacial score (nSPS) is 20.1. The largest absolute Gasteiger partial charge is 0.477 e. The van der Waals surface area contributed by atoms with Crippen LogP contribution in [-0.2, 0) is 16.6 Å². The summed E-state index contributed by atoms with van der Waals surface area (Å²) in [5, 5.41) is 22.0. The van der Waals surface area contributed by atoms with Crippen molar-refractivity contribution in [1.29, 1.82) is 0 Å². The molecule has 3 heterocycles. The molecule has 0 saturated carbocycles. The number of nitrogens with zero attached hydrogens (tertiary/aromatic N) is 5. The zero-order chi connectivity index (χ0) is 22.9. The van der Waals surface area contributed by atoms with Gasteiger partial charge in [-0.05, 0) is 27.1 Å². The van der Waals surface area contributed by atoms with Crippen molar-refractivity contribution in [3.05, 3.63) is 83.1 Å². The molecule has 0 aliphatic carbocycles. The Hall–Kier alpha value is -3.11. The number of carbonyl (C=O) groups excluding carboxylic acids is 1. The number of aliphatic carboxylic acids is 1. The number of carboxylic acids is 1. The smallest absolute Gasteiger partial charge is 0.352 e. The molecule has 168 valence electrons. The number of aryl methyl sites for hydroxylation is 1. The van der Waals surface area contributed by atoms with Gasteiger partial charge in [0.2, 0.25) is 11.1 Å². The molecule has 2 atom stereocenters. The predicted octanol–water partition coefficient (Wildman–Crippen LogP) is 3.15. The number of carboxylic acid groups (broad SMARTS) is 1. The Kier molecular flexibility index (Phi) is 5.94. The molecule has 0 bridgehead atoms. The number of hydrogen-bond donors (Lipinski definition) is 1. The number of amides is 1. The minimum Gasteiger partial charge on any atom is -0.477 e. The number of carbonyl (C=O) groups is 2. The molecule has 1 fully saturated rings. The van der Waals surface area contributed by atoms with E-state index in [-0.39, 0.29) is 28.1 Å². The molecule has 8 nitrogen and oxygen atoms in total. The molecule has 3 aromatic rings. The van der Waals surface area contributed by atoms with Gasteiger partial charge in [0.05, 0.1) is 11.8 Å². The first-order chi connectivity index (χ1) is 16.0. The third kappa shape index (κ3) is 4.04. The summed E-state index contributed by atoms with van der Waals surface area (Å²) in [5.41, 5.74) is 3.02. The van der Waals surface area contributed by atoms with Crippen LogP contribution in [-0.4, -0.2) is 58.5 Å². The van der Waals surface area contributed by atoms with E-state index in [0.29, 0.717) is 22.9 Å². The minimum absolute atomic E-state index is 0.0715. The minimum atomic E-state index is -1.08. The number of fused-ring (bicyclic) bond motifs is 1. The summed E-state index contributed by atoms with van der Waals surface area (Å²) in [5.74, 6) is -0.940. The zero-order valence-corrected chi connectivity index (χ0v) is 19.4. The maximum atomic E-state index is 12.5. The van der Waals surface area contributed by atoms with Gasteiger partial charge in [0.1, 0.15) is 5.70 Å². The van der Waals surface area contributed by atoms with Gasteiger partial charge in [-0.2, -0.15) is 0 Å². The van der Waals surface area contributed by atoms with Crippen molar-refractivity contribution >= 4 is 35.4 Å². The first-order valence-corrected chi connectivity index (χ1v) is 12.4. The van der Waals surface area contributed by atoms with E-state index >= 15 is 0 Å². The summed E-state index contributed by atoms with van der Waals surface area (Å²) in [6, 6.07) is 20.3. The second kappa shape index (κ2) is 9.03. The van der Waals surface area contributed by atoms with Crippen LogP contribution >= 0.6 is 23.5 Å². The number of rotatable bonds is 7. The molecular weight excluding hydrogens is 458 g/mol. The highest BCUT2D eigenvalue weighted by atomic mass is 32.2. The van der Waals surface area contributed by atoms with Gasteiger partial charge < -0.3 is 5.11 Å². The molecule has 1 unspecified atom stereocenters. The van der Waals surface area contributed by atoms with Crippen molar-refractivity contribution in [3.63, 3.8) is 0 Å². The third-order valence-corrected chi connectivity index (χ3v) is 8.46. The van der Waals surface area contributed by atoms with Crippen LogP contribution in [0, 0.1) is 0 Å².